The zero-order chi connectivity index (χ0) is 10.8. The second kappa shape index (κ2) is 8.47. The largest absolute Gasteiger partial charge is 0.467 e. The van der Waals surface area contributed by atoms with Crippen LogP contribution in [0.4, 0.5) is 0 Å². The van der Waals surface area contributed by atoms with Crippen molar-refractivity contribution in [3.05, 3.63) is 24.2 Å². The Bertz CT molecular complexity index is 224. The highest BCUT2D eigenvalue weighted by molar-refractivity contribution is 4.95. The summed E-state index contributed by atoms with van der Waals surface area (Å²) in [5, 5.41) is 3.22. The lowest BCUT2D eigenvalue weighted by Gasteiger charge is -2.05. The molecule has 0 radical (unpaired) electrons. The zero-order valence-electron chi connectivity index (χ0n) is 9.20. The fourth-order valence-electron chi connectivity index (χ4n) is 1.13. The van der Waals surface area contributed by atoms with Gasteiger partial charge < -0.3 is 19.2 Å². The molecule has 0 unspecified atom stereocenters. The molecule has 0 bridgehead atoms. The molecule has 15 heavy (non-hydrogen) atoms. The summed E-state index contributed by atoms with van der Waals surface area (Å²) in [6.07, 6.45) is 1.65. The number of hydrogen-bond acceptors (Lipinski definition) is 4. The molecule has 86 valence electrons. The molecule has 0 saturated heterocycles. The van der Waals surface area contributed by atoms with E-state index in [9.17, 15) is 0 Å². The lowest BCUT2D eigenvalue weighted by molar-refractivity contribution is 0.104. The molecular formula is C11H19NO3. The van der Waals surface area contributed by atoms with Crippen LogP contribution in [0.1, 0.15) is 12.7 Å². The minimum absolute atomic E-state index is 0.542. The lowest BCUT2D eigenvalue weighted by atomic mass is 10.5. The van der Waals surface area contributed by atoms with Crippen LogP contribution >= 0.6 is 0 Å². The van der Waals surface area contributed by atoms with E-state index in [4.69, 9.17) is 13.9 Å². The molecular weight excluding hydrogens is 194 g/mol. The topological polar surface area (TPSA) is 43.6 Å². The van der Waals surface area contributed by atoms with Gasteiger partial charge in [-0.1, -0.05) is 0 Å². The Hall–Kier alpha value is -0.840. The third-order valence-corrected chi connectivity index (χ3v) is 1.87. The first-order chi connectivity index (χ1) is 7.43. The van der Waals surface area contributed by atoms with E-state index in [0.29, 0.717) is 13.2 Å². The van der Waals surface area contributed by atoms with Crippen LogP contribution in [0.25, 0.3) is 0 Å². The van der Waals surface area contributed by atoms with Crippen LogP contribution in [0.15, 0.2) is 22.8 Å². The van der Waals surface area contributed by atoms with E-state index in [2.05, 4.69) is 5.32 Å². The molecule has 1 rings (SSSR count). The van der Waals surface area contributed by atoms with Crippen molar-refractivity contribution in [1.82, 2.24) is 5.32 Å². The zero-order valence-corrected chi connectivity index (χ0v) is 9.20. The van der Waals surface area contributed by atoms with Gasteiger partial charge in [0.1, 0.15) is 12.4 Å². The van der Waals surface area contributed by atoms with Crippen molar-refractivity contribution in [2.75, 3.05) is 32.9 Å². The molecule has 0 aromatic carbocycles. The summed E-state index contributed by atoms with van der Waals surface area (Å²) in [7, 11) is 0. The molecule has 0 atom stereocenters. The predicted octanol–water partition coefficient (Wildman–Crippen LogP) is 1.42. The van der Waals surface area contributed by atoms with Crippen LogP contribution in [0.2, 0.25) is 0 Å². The maximum absolute atomic E-state index is 5.39. The molecule has 0 aliphatic heterocycles. The number of rotatable bonds is 9. The smallest absolute Gasteiger partial charge is 0.129 e. The molecule has 1 aromatic heterocycles. The first-order valence-electron chi connectivity index (χ1n) is 5.32. The molecule has 0 aliphatic carbocycles. The Morgan fingerprint density at radius 2 is 2.07 bits per heavy atom. The summed E-state index contributed by atoms with van der Waals surface area (Å²) in [6.45, 7) is 6.47. The van der Waals surface area contributed by atoms with E-state index in [1.165, 1.54) is 0 Å². The van der Waals surface area contributed by atoms with Crippen molar-refractivity contribution in [1.29, 1.82) is 0 Å². The quantitative estimate of drug-likeness (QED) is 0.630. The highest BCUT2D eigenvalue weighted by atomic mass is 16.5. The molecule has 0 amide bonds. The Morgan fingerprint density at radius 3 is 2.73 bits per heavy atom. The van der Waals surface area contributed by atoms with Gasteiger partial charge in [0, 0.05) is 19.7 Å². The average Bonchev–Trinajstić information content (AvgIpc) is 2.75. The molecule has 4 nitrogen and oxygen atoms in total. The highest BCUT2D eigenvalue weighted by Gasteiger charge is 1.94. The van der Waals surface area contributed by atoms with Crippen LogP contribution in [-0.2, 0) is 16.1 Å². The molecule has 0 spiro atoms. The second-order valence-electron chi connectivity index (χ2n) is 3.08. The second-order valence-corrected chi connectivity index (χ2v) is 3.08. The van der Waals surface area contributed by atoms with E-state index in [-0.39, 0.29) is 0 Å². The molecule has 1 N–H and O–H groups in total. The summed E-state index contributed by atoms with van der Waals surface area (Å²) in [5.74, 6) is 0.865. The van der Waals surface area contributed by atoms with Gasteiger partial charge in [-0.05, 0) is 19.1 Å². The van der Waals surface area contributed by atoms with Crippen LogP contribution in [0, 0.1) is 0 Å². The van der Waals surface area contributed by atoms with Gasteiger partial charge in [-0.3, -0.25) is 0 Å². The van der Waals surface area contributed by atoms with E-state index >= 15 is 0 Å². The first-order valence-corrected chi connectivity index (χ1v) is 5.32. The Morgan fingerprint density at radius 1 is 1.27 bits per heavy atom. The number of nitrogens with one attached hydrogen (secondary N) is 1. The van der Waals surface area contributed by atoms with E-state index in [1.54, 1.807) is 6.26 Å². The SMILES string of the molecule is CCOCCNCCOCc1ccco1. The van der Waals surface area contributed by atoms with Crippen molar-refractivity contribution < 1.29 is 13.9 Å². The molecule has 4 heteroatoms. The summed E-state index contributed by atoms with van der Waals surface area (Å²) in [5.41, 5.74) is 0. The van der Waals surface area contributed by atoms with Gasteiger partial charge >= 0.3 is 0 Å². The summed E-state index contributed by atoms with van der Waals surface area (Å²) in [4.78, 5) is 0. The monoisotopic (exact) mass is 213 g/mol. The van der Waals surface area contributed by atoms with Crippen molar-refractivity contribution in [2.45, 2.75) is 13.5 Å². The van der Waals surface area contributed by atoms with Gasteiger partial charge in [-0.15, -0.1) is 0 Å². The van der Waals surface area contributed by atoms with Gasteiger partial charge in [0.2, 0.25) is 0 Å². The standard InChI is InChI=1S/C11H19NO3/c1-2-13-8-5-12-6-9-14-10-11-4-3-7-15-11/h3-4,7,12H,2,5-6,8-10H2,1H3. The number of ether oxygens (including phenoxy) is 2. The summed E-state index contributed by atoms with van der Waals surface area (Å²) < 4.78 is 15.7. The van der Waals surface area contributed by atoms with Crippen LogP contribution in [0.5, 0.6) is 0 Å². The molecule has 0 saturated carbocycles. The molecule has 0 aliphatic rings. The summed E-state index contributed by atoms with van der Waals surface area (Å²) >= 11 is 0. The molecule has 1 aromatic rings. The van der Waals surface area contributed by atoms with Crippen molar-refractivity contribution >= 4 is 0 Å². The van der Waals surface area contributed by atoms with Gasteiger partial charge in [0.15, 0.2) is 0 Å². The lowest BCUT2D eigenvalue weighted by Crippen LogP contribution is -2.23. The highest BCUT2D eigenvalue weighted by Crippen LogP contribution is 2.00. The number of furan rings is 1. The van der Waals surface area contributed by atoms with Crippen LogP contribution in [0.3, 0.4) is 0 Å². The molecule has 0 fully saturated rings. The summed E-state index contributed by atoms with van der Waals surface area (Å²) in [6, 6.07) is 3.77. The third kappa shape index (κ3) is 6.28. The van der Waals surface area contributed by atoms with Gasteiger partial charge in [-0.2, -0.15) is 0 Å². The van der Waals surface area contributed by atoms with Crippen molar-refractivity contribution in [3.63, 3.8) is 0 Å². The average molecular weight is 213 g/mol. The predicted molar refractivity (Wildman–Crippen MR) is 57.7 cm³/mol. The van der Waals surface area contributed by atoms with Crippen molar-refractivity contribution in [3.8, 4) is 0 Å². The minimum Gasteiger partial charge on any atom is -0.467 e. The maximum atomic E-state index is 5.39. The van der Waals surface area contributed by atoms with Gasteiger partial charge in [-0.25, -0.2) is 0 Å². The fourth-order valence-corrected chi connectivity index (χ4v) is 1.13. The minimum atomic E-state index is 0.542. The maximum Gasteiger partial charge on any atom is 0.129 e. The molecule has 1 heterocycles. The van der Waals surface area contributed by atoms with Crippen LogP contribution < -0.4 is 5.32 Å². The van der Waals surface area contributed by atoms with Crippen molar-refractivity contribution in [2.24, 2.45) is 0 Å². The Kier molecular flexibility index (Phi) is 6.90. The van der Waals surface area contributed by atoms with Gasteiger partial charge in [0.05, 0.1) is 19.5 Å². The van der Waals surface area contributed by atoms with Gasteiger partial charge in [0.25, 0.3) is 0 Å². The van der Waals surface area contributed by atoms with E-state index in [0.717, 1.165) is 32.1 Å². The van der Waals surface area contributed by atoms with E-state index < -0.39 is 0 Å². The Balaban J connectivity index is 1.81. The number of hydrogen-bond donors (Lipinski definition) is 1. The normalized spacial score (nSPS) is 10.7. The Labute approximate surface area is 90.6 Å². The van der Waals surface area contributed by atoms with E-state index in [1.807, 2.05) is 19.1 Å². The first kappa shape index (κ1) is 12.2. The fraction of sp³-hybridized carbons (Fsp3) is 0.636. The van der Waals surface area contributed by atoms with Crippen LogP contribution in [-0.4, -0.2) is 32.9 Å². The third-order valence-electron chi connectivity index (χ3n) is 1.87.